The number of thiophene rings is 2. The maximum atomic E-state index is 13.5. The molecule has 3 aromatic heterocycles. The number of aromatic nitrogens is 1. The molecule has 4 heterocycles. The average molecular weight is 474 g/mol. The van der Waals surface area contributed by atoms with Gasteiger partial charge in [0.1, 0.15) is 11.4 Å². The van der Waals surface area contributed by atoms with Crippen LogP contribution in [0.2, 0.25) is 0 Å². The van der Waals surface area contributed by atoms with Crippen LogP contribution in [0.5, 0.6) is 0 Å². The monoisotopic (exact) mass is 473 g/mol. The molecule has 0 fully saturated rings. The minimum absolute atomic E-state index is 0.150. The van der Waals surface area contributed by atoms with Crippen LogP contribution in [0.15, 0.2) is 57.3 Å². The lowest BCUT2D eigenvalue weighted by Gasteiger charge is -2.23. The molecule has 6 nitrogen and oxygen atoms in total. The van der Waals surface area contributed by atoms with Crippen LogP contribution in [0.4, 0.5) is 0 Å². The van der Waals surface area contributed by atoms with Gasteiger partial charge < -0.3 is 13.9 Å². The summed E-state index contributed by atoms with van der Waals surface area (Å²) in [6.07, 6.45) is 1.68. The number of ether oxygens (including phenoxy) is 1. The van der Waals surface area contributed by atoms with Crippen molar-refractivity contribution in [1.29, 1.82) is 0 Å². The zero-order valence-electron chi connectivity index (χ0n) is 16.7. The zero-order valence-corrected chi connectivity index (χ0v) is 19.1. The minimum atomic E-state index is -1.59. The van der Waals surface area contributed by atoms with Gasteiger partial charge in [0.05, 0.1) is 7.11 Å². The summed E-state index contributed by atoms with van der Waals surface area (Å²) >= 11 is 1.19. The van der Waals surface area contributed by atoms with Crippen molar-refractivity contribution in [2.45, 2.75) is 23.3 Å². The van der Waals surface area contributed by atoms with E-state index in [1.807, 2.05) is 0 Å². The second-order valence-corrected chi connectivity index (χ2v) is 10.0. The molecule has 1 aliphatic rings. The van der Waals surface area contributed by atoms with Gasteiger partial charge in [0.2, 0.25) is 5.78 Å². The van der Waals surface area contributed by atoms with Crippen LogP contribution in [0.1, 0.15) is 38.5 Å². The van der Waals surface area contributed by atoms with Gasteiger partial charge >= 0.3 is 5.97 Å². The summed E-state index contributed by atoms with van der Waals surface area (Å²) in [7, 11) is 1.24. The maximum absolute atomic E-state index is 13.5. The lowest BCUT2D eigenvalue weighted by atomic mass is 9.77. The summed E-state index contributed by atoms with van der Waals surface area (Å²) in [5, 5.41) is 6.97. The van der Waals surface area contributed by atoms with Crippen molar-refractivity contribution in [3.8, 4) is 0 Å². The Labute approximate surface area is 190 Å². The quantitative estimate of drug-likeness (QED) is 0.163. The third-order valence-electron chi connectivity index (χ3n) is 5.43. The van der Waals surface area contributed by atoms with Crippen LogP contribution in [0.25, 0.3) is 0 Å². The Bertz CT molecular complexity index is 1150. The summed E-state index contributed by atoms with van der Waals surface area (Å²) in [4.78, 5) is 40.2. The minimum Gasteiger partial charge on any atom is -0.611 e. The van der Waals surface area contributed by atoms with Gasteiger partial charge in [0.25, 0.3) is 0 Å². The third-order valence-corrected chi connectivity index (χ3v) is 8.13. The standard InChI is InChI=1S/C22H19NO5S3/c1-3-10-31(27)16-11-17-22(21(26)28-2,20(25)15-5-9-30-13-15)6-7-23(17)18(16)19(24)14-4-8-29-12-14/h3-5,8-9,11-13H,1,6-7,10H2,2H3. The number of methoxy groups -OCH3 is 1. The summed E-state index contributed by atoms with van der Waals surface area (Å²) in [6.45, 7) is 3.90. The number of ketones is 2. The number of carbonyl (C=O) groups excluding carboxylic acids is 3. The number of fused-ring (bicyclic) bond motifs is 1. The second-order valence-electron chi connectivity index (χ2n) is 7.02. The highest BCUT2D eigenvalue weighted by Gasteiger charge is 2.55. The highest BCUT2D eigenvalue weighted by molar-refractivity contribution is 7.91. The van der Waals surface area contributed by atoms with E-state index in [2.05, 4.69) is 6.58 Å². The van der Waals surface area contributed by atoms with E-state index in [4.69, 9.17) is 4.74 Å². The number of Topliss-reactive ketones (excluding diaryl/α,β-unsaturated/α-hetero) is 1. The SMILES string of the molecule is C=CC[S+]([O-])c1cc2n(c1C(=O)c1ccsc1)CCC2(C(=O)OC)C(=O)c1ccsc1. The van der Waals surface area contributed by atoms with Gasteiger partial charge in [-0.05, 0) is 46.6 Å². The van der Waals surface area contributed by atoms with Crippen molar-refractivity contribution < 1.29 is 23.7 Å². The number of carbonyl (C=O) groups is 3. The largest absolute Gasteiger partial charge is 0.611 e. The number of hydrogen-bond acceptors (Lipinski definition) is 7. The Morgan fingerprint density at radius 3 is 2.52 bits per heavy atom. The Morgan fingerprint density at radius 1 is 1.26 bits per heavy atom. The first-order valence-electron chi connectivity index (χ1n) is 9.41. The van der Waals surface area contributed by atoms with Crippen molar-refractivity contribution in [3.63, 3.8) is 0 Å². The molecule has 0 N–H and O–H groups in total. The van der Waals surface area contributed by atoms with Crippen LogP contribution in [-0.2, 0) is 32.7 Å². The molecule has 160 valence electrons. The molecule has 0 bridgehead atoms. The molecule has 0 saturated heterocycles. The van der Waals surface area contributed by atoms with Crippen LogP contribution in [0.3, 0.4) is 0 Å². The van der Waals surface area contributed by atoms with Crippen molar-refractivity contribution in [2.24, 2.45) is 0 Å². The van der Waals surface area contributed by atoms with Gasteiger partial charge in [-0.2, -0.15) is 22.7 Å². The van der Waals surface area contributed by atoms with Gasteiger partial charge in [-0.1, -0.05) is 6.58 Å². The fraction of sp³-hybridized carbons (Fsp3) is 0.227. The smallest absolute Gasteiger partial charge is 0.325 e. The number of rotatable bonds is 8. The first-order chi connectivity index (χ1) is 15.0. The predicted molar refractivity (Wildman–Crippen MR) is 121 cm³/mol. The van der Waals surface area contributed by atoms with Gasteiger partial charge in [0, 0.05) is 40.2 Å². The molecule has 0 amide bonds. The lowest BCUT2D eigenvalue weighted by molar-refractivity contribution is -0.145. The predicted octanol–water partition coefficient (Wildman–Crippen LogP) is 3.83. The van der Waals surface area contributed by atoms with Gasteiger partial charge in [-0.25, -0.2) is 0 Å². The van der Waals surface area contributed by atoms with E-state index in [9.17, 15) is 18.9 Å². The van der Waals surface area contributed by atoms with Crippen LogP contribution >= 0.6 is 22.7 Å². The molecule has 0 spiro atoms. The van der Waals surface area contributed by atoms with Gasteiger partial charge in [0.15, 0.2) is 16.1 Å². The molecule has 0 aromatic carbocycles. The molecule has 31 heavy (non-hydrogen) atoms. The Morgan fingerprint density at radius 2 is 1.94 bits per heavy atom. The average Bonchev–Trinajstić information content (AvgIpc) is 3.56. The molecular formula is C22H19NO5S3. The van der Waals surface area contributed by atoms with E-state index in [1.54, 1.807) is 44.3 Å². The van der Waals surface area contributed by atoms with Crippen molar-refractivity contribution in [1.82, 2.24) is 4.57 Å². The van der Waals surface area contributed by atoms with E-state index in [1.165, 1.54) is 35.9 Å². The van der Waals surface area contributed by atoms with Crippen molar-refractivity contribution >= 4 is 51.4 Å². The zero-order chi connectivity index (χ0) is 22.2. The molecule has 1 aliphatic heterocycles. The van der Waals surface area contributed by atoms with Gasteiger partial charge in [-0.3, -0.25) is 14.4 Å². The third kappa shape index (κ3) is 3.41. The highest BCUT2D eigenvalue weighted by atomic mass is 32.2. The van der Waals surface area contributed by atoms with Crippen molar-refractivity contribution in [2.75, 3.05) is 12.9 Å². The van der Waals surface area contributed by atoms with E-state index >= 15 is 0 Å². The van der Waals surface area contributed by atoms with Crippen molar-refractivity contribution in [3.05, 3.63) is 74.9 Å². The molecule has 0 radical (unpaired) electrons. The number of hydrogen-bond donors (Lipinski definition) is 0. The first-order valence-corrected chi connectivity index (χ1v) is 12.6. The van der Waals surface area contributed by atoms with E-state index < -0.39 is 22.6 Å². The summed E-state index contributed by atoms with van der Waals surface area (Å²) in [5.41, 5.74) is -0.109. The summed E-state index contributed by atoms with van der Waals surface area (Å²) in [5.74, 6) is -1.21. The normalized spacial score (nSPS) is 18.4. The Kier molecular flexibility index (Phi) is 6.02. The molecule has 3 aromatic rings. The molecular weight excluding hydrogens is 454 g/mol. The van der Waals surface area contributed by atoms with Gasteiger partial charge in [-0.15, -0.1) is 0 Å². The molecule has 2 unspecified atom stereocenters. The maximum Gasteiger partial charge on any atom is 0.325 e. The van der Waals surface area contributed by atoms with Crippen LogP contribution in [0, 0.1) is 0 Å². The molecule has 0 aliphatic carbocycles. The number of nitrogens with zero attached hydrogens (tertiary/aromatic N) is 1. The topological polar surface area (TPSA) is 88.4 Å². The fourth-order valence-corrected chi connectivity index (χ4v) is 6.32. The molecule has 9 heteroatoms. The fourth-order valence-electron chi connectivity index (χ4n) is 4.00. The Hall–Kier alpha value is -2.46. The number of esters is 1. The van der Waals surface area contributed by atoms with Crippen LogP contribution < -0.4 is 0 Å². The highest BCUT2D eigenvalue weighted by Crippen LogP contribution is 2.43. The summed E-state index contributed by atoms with van der Waals surface area (Å²) < 4.78 is 19.7. The van der Waals surface area contributed by atoms with Crippen LogP contribution in [-0.4, -0.2) is 39.5 Å². The molecule has 2 atom stereocenters. The molecule has 0 saturated carbocycles. The van der Waals surface area contributed by atoms with E-state index in [-0.39, 0.29) is 36.0 Å². The first kappa shape index (κ1) is 21.8. The second kappa shape index (κ2) is 8.58. The summed E-state index contributed by atoms with van der Waals surface area (Å²) in [6, 6.07) is 4.93. The van der Waals surface area contributed by atoms with E-state index in [0.717, 1.165) is 0 Å². The molecule has 4 rings (SSSR count). The Balaban J connectivity index is 1.94. The van der Waals surface area contributed by atoms with E-state index in [0.29, 0.717) is 21.7 Å². The lowest BCUT2D eigenvalue weighted by Crippen LogP contribution is -2.43.